The highest BCUT2D eigenvalue weighted by atomic mass is 19.1. The number of nitrogens with zero attached hydrogens (tertiary/aromatic N) is 2. The summed E-state index contributed by atoms with van der Waals surface area (Å²) in [5.74, 6) is 0.386. The Morgan fingerprint density at radius 2 is 1.61 bits per heavy atom. The molecule has 6 nitrogen and oxygen atoms in total. The summed E-state index contributed by atoms with van der Waals surface area (Å²) >= 11 is 0. The van der Waals surface area contributed by atoms with Crippen LogP contribution >= 0.6 is 0 Å². The number of benzene rings is 3. The fourth-order valence-corrected chi connectivity index (χ4v) is 3.78. The van der Waals surface area contributed by atoms with Gasteiger partial charge < -0.3 is 14.8 Å². The van der Waals surface area contributed by atoms with E-state index in [1.165, 1.54) is 24.3 Å². The largest absolute Gasteiger partial charge is 0.493 e. The van der Waals surface area contributed by atoms with E-state index in [0.29, 0.717) is 35.0 Å². The fourth-order valence-electron chi connectivity index (χ4n) is 3.78. The van der Waals surface area contributed by atoms with Crippen molar-refractivity contribution in [2.45, 2.75) is 19.3 Å². The number of fused-ring (bicyclic) bond motifs is 1. The average Bonchev–Trinajstić information content (AvgIpc) is 3.00. The summed E-state index contributed by atoms with van der Waals surface area (Å²) in [5, 5.41) is 2.95. The van der Waals surface area contributed by atoms with E-state index >= 15 is 0 Å². The molecule has 1 atom stereocenters. The molecule has 0 aromatic heterocycles. The zero-order valence-corrected chi connectivity index (χ0v) is 18.6. The van der Waals surface area contributed by atoms with Crippen LogP contribution in [0, 0.1) is 5.82 Å². The van der Waals surface area contributed by atoms with E-state index in [4.69, 9.17) is 19.5 Å². The predicted molar refractivity (Wildman–Crippen MR) is 127 cm³/mol. The van der Waals surface area contributed by atoms with Gasteiger partial charge in [-0.3, -0.25) is 9.79 Å². The molecule has 0 fully saturated rings. The van der Waals surface area contributed by atoms with Crippen molar-refractivity contribution in [1.29, 1.82) is 0 Å². The molecule has 0 spiro atoms. The molecule has 1 amide bonds. The summed E-state index contributed by atoms with van der Waals surface area (Å²) in [5.41, 5.74) is 3.40. The number of para-hydroxylation sites is 2. The maximum atomic E-state index is 13.3. The third-order valence-electron chi connectivity index (χ3n) is 5.44. The summed E-state index contributed by atoms with van der Waals surface area (Å²) in [7, 11) is 3.15. The molecule has 0 aliphatic carbocycles. The van der Waals surface area contributed by atoms with Crippen LogP contribution in [0.15, 0.2) is 76.7 Å². The van der Waals surface area contributed by atoms with Gasteiger partial charge >= 0.3 is 0 Å². The smallest absolute Gasteiger partial charge is 0.256 e. The maximum Gasteiger partial charge on any atom is 0.256 e. The molecule has 1 aliphatic rings. The number of carbonyl (C=O) groups is 1. The standard InChI is InChI=1S/C26H24FN3O3/c1-4-19-24(17-11-14-22(32-2)23(15-17)33-3)25(29-21-8-6-5-7-20(21)28-19)30-26(31)16-9-12-18(27)13-10-16/h5-15,24H,4H2,1-3H3,(H,29,30,31)/t24-/m1/s1. The SMILES string of the molecule is CCC1=Nc2ccccc2N=C(NC(=O)c2ccc(F)cc2)[C@@H]1c1ccc(OC)c(OC)c1. The van der Waals surface area contributed by atoms with Crippen molar-refractivity contribution in [3.63, 3.8) is 0 Å². The number of nitrogens with one attached hydrogen (secondary N) is 1. The Balaban J connectivity index is 1.83. The highest BCUT2D eigenvalue weighted by Gasteiger charge is 2.29. The van der Waals surface area contributed by atoms with Gasteiger partial charge in [0.2, 0.25) is 0 Å². The number of methoxy groups -OCH3 is 2. The van der Waals surface area contributed by atoms with Crippen LogP contribution in [0.1, 0.15) is 35.2 Å². The van der Waals surface area contributed by atoms with E-state index in [0.717, 1.165) is 17.0 Å². The first-order valence-corrected chi connectivity index (χ1v) is 10.6. The number of ether oxygens (including phenoxy) is 2. The quantitative estimate of drug-likeness (QED) is 0.557. The molecule has 33 heavy (non-hydrogen) atoms. The predicted octanol–water partition coefficient (Wildman–Crippen LogP) is 5.58. The third kappa shape index (κ3) is 4.62. The number of hydrogen-bond donors (Lipinski definition) is 1. The van der Waals surface area contributed by atoms with Gasteiger partial charge in [-0.2, -0.15) is 0 Å². The van der Waals surface area contributed by atoms with Crippen molar-refractivity contribution in [2.24, 2.45) is 9.98 Å². The Morgan fingerprint density at radius 3 is 2.24 bits per heavy atom. The lowest BCUT2D eigenvalue weighted by Gasteiger charge is -2.22. The number of amidine groups is 1. The second kappa shape index (κ2) is 9.65. The molecule has 0 saturated carbocycles. The molecule has 4 rings (SSSR count). The molecule has 7 heteroatoms. The highest BCUT2D eigenvalue weighted by Crippen LogP contribution is 2.37. The van der Waals surface area contributed by atoms with E-state index < -0.39 is 11.7 Å². The van der Waals surface area contributed by atoms with Crippen molar-refractivity contribution >= 4 is 28.8 Å². The Kier molecular flexibility index (Phi) is 6.49. The molecule has 1 heterocycles. The first kappa shape index (κ1) is 22.2. The van der Waals surface area contributed by atoms with E-state index in [-0.39, 0.29) is 5.91 Å². The van der Waals surface area contributed by atoms with E-state index in [1.807, 2.05) is 49.4 Å². The first-order valence-electron chi connectivity index (χ1n) is 10.6. The van der Waals surface area contributed by atoms with Crippen LogP contribution in [0.4, 0.5) is 15.8 Å². The molecule has 0 saturated heterocycles. The second-order valence-electron chi connectivity index (χ2n) is 7.45. The topological polar surface area (TPSA) is 72.3 Å². The monoisotopic (exact) mass is 445 g/mol. The Labute approximate surface area is 191 Å². The number of rotatable bonds is 5. The maximum absolute atomic E-state index is 13.3. The van der Waals surface area contributed by atoms with Gasteiger partial charge in [-0.05, 0) is 60.5 Å². The summed E-state index contributed by atoms with van der Waals surface area (Å²) in [4.78, 5) is 22.7. The summed E-state index contributed by atoms with van der Waals surface area (Å²) in [6.45, 7) is 2.01. The molecule has 0 radical (unpaired) electrons. The first-order chi connectivity index (χ1) is 16.0. The minimum atomic E-state index is -0.424. The molecule has 3 aromatic rings. The van der Waals surface area contributed by atoms with E-state index in [2.05, 4.69) is 5.32 Å². The molecule has 0 bridgehead atoms. The fraction of sp³-hybridized carbons (Fsp3) is 0.192. The molecular weight excluding hydrogens is 421 g/mol. The summed E-state index contributed by atoms with van der Waals surface area (Å²) < 4.78 is 24.2. The van der Waals surface area contributed by atoms with Gasteiger partial charge in [0.15, 0.2) is 11.5 Å². The third-order valence-corrected chi connectivity index (χ3v) is 5.44. The zero-order chi connectivity index (χ0) is 23.4. The van der Waals surface area contributed by atoms with Crippen LogP contribution in [0.3, 0.4) is 0 Å². The summed E-state index contributed by atoms with van der Waals surface area (Å²) in [6, 6.07) is 18.5. The molecule has 3 aromatic carbocycles. The van der Waals surface area contributed by atoms with Crippen molar-refractivity contribution < 1.29 is 18.7 Å². The van der Waals surface area contributed by atoms with Crippen LogP contribution in [0.25, 0.3) is 0 Å². The summed E-state index contributed by atoms with van der Waals surface area (Å²) in [6.07, 6.45) is 0.638. The Morgan fingerprint density at radius 1 is 0.939 bits per heavy atom. The van der Waals surface area contributed by atoms with Gasteiger partial charge in [0.25, 0.3) is 5.91 Å². The Bertz CT molecular complexity index is 1240. The van der Waals surface area contributed by atoms with Crippen LogP contribution in [-0.4, -0.2) is 31.7 Å². The average molecular weight is 445 g/mol. The normalized spacial score (nSPS) is 15.0. The Hall–Kier alpha value is -4.00. The van der Waals surface area contributed by atoms with Crippen LogP contribution in [-0.2, 0) is 0 Å². The lowest BCUT2D eigenvalue weighted by atomic mass is 9.90. The number of carbonyl (C=O) groups excluding carboxylic acids is 1. The van der Waals surface area contributed by atoms with Crippen molar-refractivity contribution in [3.8, 4) is 11.5 Å². The number of amides is 1. The number of halogens is 1. The van der Waals surface area contributed by atoms with Crippen molar-refractivity contribution in [2.75, 3.05) is 14.2 Å². The molecule has 0 unspecified atom stereocenters. The van der Waals surface area contributed by atoms with Gasteiger partial charge in [0, 0.05) is 11.3 Å². The van der Waals surface area contributed by atoms with Gasteiger partial charge in [0.1, 0.15) is 11.7 Å². The van der Waals surface area contributed by atoms with Gasteiger partial charge in [-0.15, -0.1) is 0 Å². The van der Waals surface area contributed by atoms with Gasteiger partial charge in [0.05, 0.1) is 31.5 Å². The van der Waals surface area contributed by atoms with Gasteiger partial charge in [-0.25, -0.2) is 9.38 Å². The molecule has 1 N–H and O–H groups in total. The zero-order valence-electron chi connectivity index (χ0n) is 18.6. The van der Waals surface area contributed by atoms with Crippen LogP contribution < -0.4 is 14.8 Å². The lowest BCUT2D eigenvalue weighted by molar-refractivity contribution is 0.0976. The van der Waals surface area contributed by atoms with Crippen molar-refractivity contribution in [3.05, 3.63) is 83.7 Å². The molecular formula is C26H24FN3O3. The highest BCUT2D eigenvalue weighted by molar-refractivity contribution is 6.19. The minimum Gasteiger partial charge on any atom is -0.493 e. The number of aliphatic imine (C=N–C) groups is 2. The molecule has 1 aliphatic heterocycles. The second-order valence-corrected chi connectivity index (χ2v) is 7.45. The minimum absolute atomic E-state index is 0.331. The number of hydrogen-bond acceptors (Lipinski definition) is 5. The van der Waals surface area contributed by atoms with Crippen LogP contribution in [0.5, 0.6) is 11.5 Å². The van der Waals surface area contributed by atoms with Crippen LogP contribution in [0.2, 0.25) is 0 Å². The van der Waals surface area contributed by atoms with E-state index in [1.54, 1.807) is 14.2 Å². The van der Waals surface area contributed by atoms with Crippen molar-refractivity contribution in [1.82, 2.24) is 5.32 Å². The molecule has 168 valence electrons. The lowest BCUT2D eigenvalue weighted by Crippen LogP contribution is -2.37. The van der Waals surface area contributed by atoms with Gasteiger partial charge in [-0.1, -0.05) is 25.1 Å². The van der Waals surface area contributed by atoms with E-state index in [9.17, 15) is 9.18 Å².